The molecule has 1 atom stereocenters. The third kappa shape index (κ3) is 4.98. The number of hydrogen-bond acceptors (Lipinski definition) is 5. The molecule has 0 radical (unpaired) electrons. The number of benzene rings is 2. The van der Waals surface area contributed by atoms with Crippen molar-refractivity contribution in [2.24, 2.45) is 0 Å². The van der Waals surface area contributed by atoms with Crippen LogP contribution in [0.25, 0.3) is 0 Å². The van der Waals surface area contributed by atoms with Gasteiger partial charge in [0.25, 0.3) is 5.91 Å². The van der Waals surface area contributed by atoms with E-state index in [2.05, 4.69) is 5.32 Å². The molecule has 156 valence electrons. The first kappa shape index (κ1) is 21.8. The predicted molar refractivity (Wildman–Crippen MR) is 111 cm³/mol. The summed E-state index contributed by atoms with van der Waals surface area (Å²) in [5.41, 5.74) is 1.35. The Hall–Kier alpha value is -2.90. The summed E-state index contributed by atoms with van der Waals surface area (Å²) in [5.74, 6) is -1.73. The van der Waals surface area contributed by atoms with E-state index in [-0.39, 0.29) is 36.3 Å². The monoisotopic (exact) mass is 448 g/mol. The fourth-order valence-corrected chi connectivity index (χ4v) is 3.28. The van der Waals surface area contributed by atoms with Crippen molar-refractivity contribution in [2.75, 3.05) is 11.5 Å². The van der Waals surface area contributed by atoms with Gasteiger partial charge in [-0.15, -0.1) is 0 Å². The van der Waals surface area contributed by atoms with E-state index in [4.69, 9.17) is 27.9 Å². The minimum atomic E-state index is -0.696. The van der Waals surface area contributed by atoms with Crippen LogP contribution in [0.4, 0.5) is 5.69 Å². The molecule has 1 fully saturated rings. The van der Waals surface area contributed by atoms with Gasteiger partial charge >= 0.3 is 5.97 Å². The van der Waals surface area contributed by atoms with Gasteiger partial charge in [-0.2, -0.15) is 0 Å². The van der Waals surface area contributed by atoms with Crippen LogP contribution in [0, 0.1) is 0 Å². The van der Waals surface area contributed by atoms with Crippen molar-refractivity contribution >= 4 is 52.6 Å². The quantitative estimate of drug-likeness (QED) is 0.537. The Balaban J connectivity index is 1.53. The van der Waals surface area contributed by atoms with Crippen LogP contribution in [0.5, 0.6) is 0 Å². The number of carbonyl (C=O) groups is 4. The van der Waals surface area contributed by atoms with E-state index >= 15 is 0 Å². The van der Waals surface area contributed by atoms with Gasteiger partial charge in [0, 0.05) is 12.8 Å². The minimum Gasteiger partial charge on any atom is -0.452 e. The van der Waals surface area contributed by atoms with Gasteiger partial charge in [0.15, 0.2) is 6.61 Å². The molecule has 0 bridgehead atoms. The molecule has 30 heavy (non-hydrogen) atoms. The van der Waals surface area contributed by atoms with E-state index in [1.54, 1.807) is 25.1 Å². The topological polar surface area (TPSA) is 92.8 Å². The summed E-state index contributed by atoms with van der Waals surface area (Å²) in [7, 11) is 0. The fourth-order valence-electron chi connectivity index (χ4n) is 2.97. The molecule has 0 unspecified atom stereocenters. The second-order valence-electron chi connectivity index (χ2n) is 6.71. The van der Waals surface area contributed by atoms with Crippen molar-refractivity contribution in [3.8, 4) is 0 Å². The predicted octanol–water partition coefficient (Wildman–Crippen LogP) is 3.68. The van der Waals surface area contributed by atoms with Gasteiger partial charge in [-0.3, -0.25) is 19.3 Å². The molecular formula is C21H18Cl2N2O5. The number of rotatable bonds is 6. The second kappa shape index (κ2) is 9.28. The van der Waals surface area contributed by atoms with Gasteiger partial charge in [0.05, 0.1) is 27.3 Å². The number of carbonyl (C=O) groups excluding carboxylic acids is 4. The van der Waals surface area contributed by atoms with Gasteiger partial charge in [-0.25, -0.2) is 4.79 Å². The SMILES string of the molecule is C[C@H](NC(=O)COC(=O)c1ccc(N2C(=O)CCC2=O)cc1)c1ccc(Cl)c(Cl)c1. The lowest BCUT2D eigenvalue weighted by molar-refractivity contribution is -0.125. The van der Waals surface area contributed by atoms with Crippen LogP contribution in [0.1, 0.15) is 41.7 Å². The summed E-state index contributed by atoms with van der Waals surface area (Å²) < 4.78 is 5.03. The van der Waals surface area contributed by atoms with Gasteiger partial charge in [-0.1, -0.05) is 29.3 Å². The maximum Gasteiger partial charge on any atom is 0.338 e. The number of nitrogens with zero attached hydrogens (tertiary/aromatic N) is 1. The largest absolute Gasteiger partial charge is 0.452 e. The number of hydrogen-bond donors (Lipinski definition) is 1. The Morgan fingerprint density at radius 1 is 1.03 bits per heavy atom. The molecule has 0 saturated carbocycles. The first-order valence-corrected chi connectivity index (χ1v) is 9.89. The zero-order valence-corrected chi connectivity index (χ0v) is 17.5. The molecule has 1 heterocycles. The highest BCUT2D eigenvalue weighted by atomic mass is 35.5. The van der Waals surface area contributed by atoms with Gasteiger partial charge in [0.1, 0.15) is 0 Å². The van der Waals surface area contributed by atoms with Crippen LogP contribution in [0.2, 0.25) is 10.0 Å². The normalized spacial score (nSPS) is 14.6. The molecule has 1 N–H and O–H groups in total. The third-order valence-electron chi connectivity index (χ3n) is 4.57. The van der Waals surface area contributed by atoms with E-state index in [1.807, 2.05) is 0 Å². The summed E-state index contributed by atoms with van der Waals surface area (Å²) in [5, 5.41) is 3.50. The Bertz CT molecular complexity index is 991. The molecule has 0 aliphatic carbocycles. The first-order valence-electron chi connectivity index (χ1n) is 9.13. The lowest BCUT2D eigenvalue weighted by atomic mass is 10.1. The number of esters is 1. The van der Waals surface area contributed by atoms with Crippen LogP contribution >= 0.6 is 23.2 Å². The van der Waals surface area contributed by atoms with E-state index in [0.717, 1.165) is 10.5 Å². The summed E-state index contributed by atoms with van der Waals surface area (Å²) in [4.78, 5) is 48.9. The van der Waals surface area contributed by atoms with E-state index < -0.39 is 18.5 Å². The van der Waals surface area contributed by atoms with Gasteiger partial charge in [0.2, 0.25) is 11.8 Å². The molecule has 2 aromatic carbocycles. The Labute approximate surface area is 182 Å². The van der Waals surface area contributed by atoms with Crippen molar-refractivity contribution in [3.63, 3.8) is 0 Å². The number of ether oxygens (including phenoxy) is 1. The molecule has 3 rings (SSSR count). The number of anilines is 1. The molecule has 1 aliphatic rings. The van der Waals surface area contributed by atoms with Crippen molar-refractivity contribution in [3.05, 3.63) is 63.6 Å². The maximum absolute atomic E-state index is 12.2. The van der Waals surface area contributed by atoms with E-state index in [1.165, 1.54) is 24.3 Å². The lowest BCUT2D eigenvalue weighted by Gasteiger charge is -2.15. The van der Waals surface area contributed by atoms with Crippen LogP contribution < -0.4 is 10.2 Å². The van der Waals surface area contributed by atoms with Crippen molar-refractivity contribution in [1.82, 2.24) is 5.32 Å². The Kier molecular flexibility index (Phi) is 6.74. The Morgan fingerprint density at radius 3 is 2.27 bits per heavy atom. The summed E-state index contributed by atoms with van der Waals surface area (Å²) in [6.45, 7) is 1.30. The molecule has 9 heteroatoms. The maximum atomic E-state index is 12.2. The number of imide groups is 1. The summed E-state index contributed by atoms with van der Waals surface area (Å²) >= 11 is 11.9. The Morgan fingerprint density at radius 2 is 1.67 bits per heavy atom. The van der Waals surface area contributed by atoms with E-state index in [0.29, 0.717) is 15.7 Å². The number of amides is 3. The standard InChI is InChI=1S/C21H18Cl2N2O5/c1-12(14-4-7-16(22)17(23)10-14)24-18(26)11-30-21(29)13-2-5-15(6-3-13)25-19(27)8-9-20(25)28/h2-7,10,12H,8-9,11H2,1H3,(H,24,26)/t12-/m0/s1. The minimum absolute atomic E-state index is 0.179. The highest BCUT2D eigenvalue weighted by molar-refractivity contribution is 6.42. The van der Waals surface area contributed by atoms with Crippen LogP contribution in [0.3, 0.4) is 0 Å². The average Bonchev–Trinajstić information content (AvgIpc) is 3.06. The van der Waals surface area contributed by atoms with Crippen LogP contribution in [-0.4, -0.2) is 30.3 Å². The van der Waals surface area contributed by atoms with Crippen molar-refractivity contribution < 1.29 is 23.9 Å². The van der Waals surface area contributed by atoms with Crippen molar-refractivity contribution in [2.45, 2.75) is 25.8 Å². The molecular weight excluding hydrogens is 431 g/mol. The average molecular weight is 449 g/mol. The highest BCUT2D eigenvalue weighted by Crippen LogP contribution is 2.25. The number of nitrogens with one attached hydrogen (secondary N) is 1. The molecule has 3 amide bonds. The molecule has 1 saturated heterocycles. The molecule has 7 nitrogen and oxygen atoms in total. The lowest BCUT2D eigenvalue weighted by Crippen LogP contribution is -2.31. The molecule has 2 aromatic rings. The van der Waals surface area contributed by atoms with Crippen molar-refractivity contribution in [1.29, 1.82) is 0 Å². The second-order valence-corrected chi connectivity index (χ2v) is 7.52. The van der Waals surface area contributed by atoms with Crippen LogP contribution in [0.15, 0.2) is 42.5 Å². The number of halogens is 2. The molecule has 0 spiro atoms. The van der Waals surface area contributed by atoms with Gasteiger partial charge in [-0.05, 0) is 48.9 Å². The molecule has 0 aromatic heterocycles. The first-order chi connectivity index (χ1) is 14.3. The fraction of sp³-hybridized carbons (Fsp3) is 0.238. The smallest absolute Gasteiger partial charge is 0.338 e. The van der Waals surface area contributed by atoms with Crippen LogP contribution in [-0.2, 0) is 19.1 Å². The highest BCUT2D eigenvalue weighted by Gasteiger charge is 2.30. The van der Waals surface area contributed by atoms with Gasteiger partial charge < -0.3 is 10.1 Å². The summed E-state index contributed by atoms with van der Waals surface area (Å²) in [6, 6.07) is 10.5. The van der Waals surface area contributed by atoms with E-state index in [9.17, 15) is 19.2 Å². The summed E-state index contributed by atoms with van der Waals surface area (Å²) in [6.07, 6.45) is 0.358. The third-order valence-corrected chi connectivity index (χ3v) is 5.31. The zero-order chi connectivity index (χ0) is 21.8. The molecule has 1 aliphatic heterocycles. The zero-order valence-electron chi connectivity index (χ0n) is 16.0.